The average molecular weight is 305 g/mol. The minimum absolute atomic E-state index is 0. The maximum atomic E-state index is 13.3. The molecule has 0 aliphatic rings. The highest BCUT2D eigenvalue weighted by Gasteiger charge is 2.23. The van der Waals surface area contributed by atoms with Crippen LogP contribution in [0, 0.1) is 23.4 Å². The Kier molecular flexibility index (Phi) is 5.37. The Morgan fingerprint density at radius 2 is 2.00 bits per heavy atom. The highest BCUT2D eigenvalue weighted by atomic mass is 32.2. The third-order valence-electron chi connectivity index (χ3n) is 1.86. The Morgan fingerprint density at radius 3 is 2.40 bits per heavy atom. The van der Waals surface area contributed by atoms with E-state index in [-0.39, 0.29) is 19.6 Å². The molecule has 20 heavy (non-hydrogen) atoms. The van der Waals surface area contributed by atoms with Gasteiger partial charge in [-0.3, -0.25) is 10.1 Å². The third kappa shape index (κ3) is 3.76. The fourth-order valence-electron chi connectivity index (χ4n) is 1.09. The second-order valence-electron chi connectivity index (χ2n) is 3.09. The number of rotatable bonds is 4. The molecule has 0 fully saturated rings. The van der Waals surface area contributed by atoms with E-state index >= 15 is 0 Å². The molecule has 0 aliphatic carbocycles. The van der Waals surface area contributed by atoms with Gasteiger partial charge in [0.2, 0.25) is 5.75 Å². The molecule has 0 unspecified atom stereocenters. The van der Waals surface area contributed by atoms with Crippen LogP contribution in [0.5, 0.6) is 5.75 Å². The predicted octanol–water partition coefficient (Wildman–Crippen LogP) is 1.18. The lowest BCUT2D eigenvalue weighted by Gasteiger charge is -2.10. The van der Waals surface area contributed by atoms with Crippen LogP contribution in [0.1, 0.15) is 0 Å². The lowest BCUT2D eigenvalue weighted by Crippen LogP contribution is -2.08. The number of hydrogen-bond acceptors (Lipinski definition) is 7. The summed E-state index contributed by atoms with van der Waals surface area (Å²) in [7, 11) is -5.23. The van der Waals surface area contributed by atoms with E-state index in [9.17, 15) is 32.3 Å². The molecule has 1 aromatic carbocycles. The van der Waals surface area contributed by atoms with Crippen LogP contribution in [-0.4, -0.2) is 23.9 Å². The molecule has 0 bridgehead atoms. The number of nitro benzene ring substituents is 1. The molecule has 0 radical (unpaired) electrons. The third-order valence-corrected chi connectivity index (χ3v) is 2.71. The van der Waals surface area contributed by atoms with Crippen LogP contribution in [-0.2, 0) is 14.9 Å². The first-order valence-corrected chi connectivity index (χ1v) is 5.85. The van der Waals surface area contributed by atoms with Crippen LogP contribution in [0.2, 0.25) is 0 Å². The maximum absolute atomic E-state index is 13.3. The van der Waals surface area contributed by atoms with Gasteiger partial charge in [0.25, 0.3) is 0 Å². The van der Waals surface area contributed by atoms with Gasteiger partial charge >= 0.3 is 11.7 Å². The van der Waals surface area contributed by atoms with Crippen molar-refractivity contribution in [2.75, 3.05) is 0 Å². The summed E-state index contributed by atoms with van der Waals surface area (Å²) < 4.78 is 49.7. The SMILES string of the molecule is C=CC(=O)Oc1cc(F)c(S(=O)(=O)[O-])cc1[N+](=O)[O-].[CH3+]. The number of halogens is 1. The Labute approximate surface area is 113 Å². The molecule has 10 heteroatoms. The van der Waals surface area contributed by atoms with Crippen molar-refractivity contribution in [3.8, 4) is 5.75 Å². The molecule has 1 rings (SSSR count). The Hall–Kier alpha value is -2.46. The van der Waals surface area contributed by atoms with Gasteiger partial charge in [0, 0.05) is 25.6 Å². The van der Waals surface area contributed by atoms with Crippen LogP contribution in [0.25, 0.3) is 0 Å². The van der Waals surface area contributed by atoms with Crippen molar-refractivity contribution in [3.05, 3.63) is 48.1 Å². The molecule has 0 N–H and O–H groups in total. The highest BCUT2D eigenvalue weighted by molar-refractivity contribution is 7.85. The molecule has 0 atom stereocenters. The molecule has 8 nitrogen and oxygen atoms in total. The van der Waals surface area contributed by atoms with Crippen molar-refractivity contribution >= 4 is 21.8 Å². The van der Waals surface area contributed by atoms with Crippen molar-refractivity contribution in [1.82, 2.24) is 0 Å². The van der Waals surface area contributed by atoms with Gasteiger partial charge in [0.15, 0.2) is 0 Å². The standard InChI is InChI=1S/C9H6FNO7S.CH3/c1-2-9(12)18-7-3-5(10)8(19(15,16)17)4-6(7)11(13)14;/h2-4H,1H2,(H,15,16,17);1H3/q;+1/p-1. The molecule has 0 saturated heterocycles. The largest absolute Gasteiger partial charge is 0.744 e. The zero-order valence-electron chi connectivity index (χ0n) is 10.0. The first kappa shape index (κ1) is 17.5. The van der Waals surface area contributed by atoms with Crippen LogP contribution in [0.15, 0.2) is 29.7 Å². The Bertz CT molecular complexity index is 668. The molecular formula is C10H8FNO7S. The fraction of sp³-hybridized carbons (Fsp3) is 0. The van der Waals surface area contributed by atoms with Crippen molar-refractivity contribution in [3.63, 3.8) is 0 Å². The minimum atomic E-state index is -5.23. The van der Waals surface area contributed by atoms with Gasteiger partial charge < -0.3 is 9.29 Å². The van der Waals surface area contributed by atoms with E-state index in [0.29, 0.717) is 6.08 Å². The summed E-state index contributed by atoms with van der Waals surface area (Å²) in [4.78, 5) is 19.0. The number of carbonyl (C=O) groups is 1. The summed E-state index contributed by atoms with van der Waals surface area (Å²) >= 11 is 0. The van der Waals surface area contributed by atoms with E-state index < -0.39 is 43.2 Å². The van der Waals surface area contributed by atoms with Gasteiger partial charge in [0.1, 0.15) is 15.9 Å². The van der Waals surface area contributed by atoms with Crippen molar-refractivity contribution in [2.45, 2.75) is 4.90 Å². The van der Waals surface area contributed by atoms with Gasteiger partial charge in [-0.15, -0.1) is 0 Å². The maximum Gasteiger partial charge on any atom is 0.335 e. The number of nitro groups is 1. The Morgan fingerprint density at radius 1 is 1.45 bits per heavy atom. The van der Waals surface area contributed by atoms with Crippen LogP contribution >= 0.6 is 0 Å². The van der Waals surface area contributed by atoms with Gasteiger partial charge in [-0.25, -0.2) is 17.6 Å². The number of hydrogen-bond donors (Lipinski definition) is 0. The number of esters is 1. The topological polar surface area (TPSA) is 127 Å². The van der Waals surface area contributed by atoms with E-state index in [4.69, 9.17) is 0 Å². The first-order valence-electron chi connectivity index (χ1n) is 4.45. The van der Waals surface area contributed by atoms with Crippen molar-refractivity contribution in [1.29, 1.82) is 0 Å². The van der Waals surface area contributed by atoms with E-state index in [2.05, 4.69) is 11.3 Å². The van der Waals surface area contributed by atoms with E-state index in [1.165, 1.54) is 0 Å². The van der Waals surface area contributed by atoms with Gasteiger partial charge in [-0.2, -0.15) is 0 Å². The minimum Gasteiger partial charge on any atom is -0.744 e. The lowest BCUT2D eigenvalue weighted by atomic mass is 10.3. The van der Waals surface area contributed by atoms with E-state index in [1.807, 2.05) is 0 Å². The van der Waals surface area contributed by atoms with Crippen LogP contribution < -0.4 is 4.74 Å². The molecule has 0 saturated carbocycles. The summed E-state index contributed by atoms with van der Waals surface area (Å²) in [6.07, 6.45) is 0.667. The fourth-order valence-corrected chi connectivity index (χ4v) is 1.64. The summed E-state index contributed by atoms with van der Waals surface area (Å²) in [6.45, 7) is 3.03. The highest BCUT2D eigenvalue weighted by Crippen LogP contribution is 2.32. The monoisotopic (exact) mass is 305 g/mol. The molecule has 0 heterocycles. The molecule has 0 spiro atoms. The first-order chi connectivity index (χ1) is 8.66. The van der Waals surface area contributed by atoms with Gasteiger partial charge in [0.05, 0.1) is 9.82 Å². The van der Waals surface area contributed by atoms with Gasteiger partial charge in [-0.05, 0) is 0 Å². The smallest absolute Gasteiger partial charge is 0.335 e. The van der Waals surface area contributed by atoms with Crippen LogP contribution in [0.3, 0.4) is 0 Å². The second-order valence-corrected chi connectivity index (χ2v) is 4.43. The molecular weight excluding hydrogens is 297 g/mol. The molecule has 0 amide bonds. The van der Waals surface area contributed by atoms with Crippen LogP contribution in [0.4, 0.5) is 10.1 Å². The summed E-state index contributed by atoms with van der Waals surface area (Å²) in [5.74, 6) is -3.51. The molecule has 1 aromatic rings. The summed E-state index contributed by atoms with van der Waals surface area (Å²) in [6, 6.07) is 0.452. The summed E-state index contributed by atoms with van der Waals surface area (Å²) in [5.41, 5.74) is -1.04. The second kappa shape index (κ2) is 6.12. The molecule has 0 aromatic heterocycles. The number of nitrogens with zero attached hydrogens (tertiary/aromatic N) is 1. The number of benzene rings is 1. The number of ether oxygens (including phenoxy) is 1. The lowest BCUT2D eigenvalue weighted by molar-refractivity contribution is -0.385. The van der Waals surface area contributed by atoms with E-state index in [1.54, 1.807) is 0 Å². The number of carbonyl (C=O) groups excluding carboxylic acids is 1. The normalized spacial score (nSPS) is 10.3. The quantitative estimate of drug-likeness (QED) is 0.155. The summed E-state index contributed by atoms with van der Waals surface area (Å²) in [5, 5.41) is 10.7. The molecule has 108 valence electrons. The van der Waals surface area contributed by atoms with E-state index in [0.717, 1.165) is 0 Å². The zero-order chi connectivity index (χ0) is 14.8. The Balaban J connectivity index is 0.00000361. The van der Waals surface area contributed by atoms with Gasteiger partial charge in [-0.1, -0.05) is 6.58 Å². The average Bonchev–Trinajstić information content (AvgIpc) is 2.26. The molecule has 0 aliphatic heterocycles. The van der Waals surface area contributed by atoms with Crippen molar-refractivity contribution in [2.24, 2.45) is 0 Å². The zero-order valence-corrected chi connectivity index (χ0v) is 10.8. The van der Waals surface area contributed by atoms with Crippen molar-refractivity contribution < 1.29 is 31.8 Å². The predicted molar refractivity (Wildman–Crippen MR) is 63.3 cm³/mol.